The zero-order valence-corrected chi connectivity index (χ0v) is 14.5. The Labute approximate surface area is 141 Å². The highest BCUT2D eigenvalue weighted by atomic mass is 35.5. The summed E-state index contributed by atoms with van der Waals surface area (Å²) < 4.78 is 0.553. The molecule has 3 nitrogen and oxygen atoms in total. The highest BCUT2D eigenvalue weighted by Crippen LogP contribution is 2.45. The van der Waals surface area contributed by atoms with E-state index in [9.17, 15) is 4.79 Å². The molecule has 2 aliphatic heterocycles. The van der Waals surface area contributed by atoms with Crippen molar-refractivity contribution in [2.24, 2.45) is 0 Å². The van der Waals surface area contributed by atoms with Gasteiger partial charge in [-0.05, 0) is 24.6 Å². The van der Waals surface area contributed by atoms with E-state index in [2.05, 4.69) is 24.4 Å². The number of rotatable bonds is 2. The second kappa shape index (κ2) is 7.77. The molecule has 0 aliphatic carbocycles. The molecule has 1 atom stereocenters. The zero-order chi connectivity index (χ0) is 13.9. The molecule has 3 rings (SSSR count). The molecule has 0 saturated carbocycles. The number of carbonyl (C=O) groups excluding carboxylic acids is 1. The van der Waals surface area contributed by atoms with Crippen LogP contribution >= 0.6 is 35.9 Å². The molecule has 0 unspecified atom stereocenters. The van der Waals surface area contributed by atoms with Crippen molar-refractivity contribution in [2.75, 3.05) is 31.1 Å². The molecule has 1 aromatic rings. The van der Waals surface area contributed by atoms with E-state index in [1.807, 2.05) is 40.6 Å². The Balaban J connectivity index is 0.00000161. The van der Waals surface area contributed by atoms with Crippen molar-refractivity contribution in [1.82, 2.24) is 10.2 Å². The SMILES string of the molecule is C[C@H]1CNCCN1C(=O)c1ccc(C2SCCS2)cc1.Cl. The molecule has 0 aromatic heterocycles. The first-order valence-electron chi connectivity index (χ1n) is 7.10. The standard InChI is InChI=1S/C15H20N2OS2.ClH/c1-11-10-16-6-7-17(11)14(18)12-2-4-13(5-3-12)15-19-8-9-20-15;/h2-5,11,15-16H,6-10H2,1H3;1H/t11-;/m0./s1. The molecular formula is C15H21ClN2OS2. The van der Waals surface area contributed by atoms with E-state index in [-0.39, 0.29) is 24.4 Å². The van der Waals surface area contributed by atoms with Gasteiger partial charge in [0, 0.05) is 42.7 Å². The number of halogens is 1. The average Bonchev–Trinajstić information content (AvgIpc) is 3.01. The molecule has 116 valence electrons. The van der Waals surface area contributed by atoms with E-state index in [4.69, 9.17) is 0 Å². The number of carbonyl (C=O) groups is 1. The number of nitrogens with one attached hydrogen (secondary N) is 1. The lowest BCUT2D eigenvalue weighted by atomic mass is 10.1. The Hall–Kier alpha value is -0.360. The summed E-state index contributed by atoms with van der Waals surface area (Å²) in [6.07, 6.45) is 0. The summed E-state index contributed by atoms with van der Waals surface area (Å²) in [5.74, 6) is 2.63. The van der Waals surface area contributed by atoms with Gasteiger partial charge in [-0.15, -0.1) is 35.9 Å². The van der Waals surface area contributed by atoms with Gasteiger partial charge in [0.05, 0.1) is 4.58 Å². The first-order valence-corrected chi connectivity index (χ1v) is 9.20. The molecular weight excluding hydrogens is 324 g/mol. The van der Waals surface area contributed by atoms with E-state index in [0.29, 0.717) is 4.58 Å². The lowest BCUT2D eigenvalue weighted by molar-refractivity contribution is 0.0656. The van der Waals surface area contributed by atoms with Crippen molar-refractivity contribution in [3.05, 3.63) is 35.4 Å². The molecule has 6 heteroatoms. The van der Waals surface area contributed by atoms with Crippen molar-refractivity contribution in [3.63, 3.8) is 0 Å². The Morgan fingerprint density at radius 1 is 1.24 bits per heavy atom. The molecule has 0 bridgehead atoms. The third-order valence-corrected chi connectivity index (χ3v) is 6.92. The molecule has 2 aliphatic rings. The maximum absolute atomic E-state index is 12.5. The van der Waals surface area contributed by atoms with Crippen LogP contribution in [0.4, 0.5) is 0 Å². The van der Waals surface area contributed by atoms with Gasteiger partial charge in [0.15, 0.2) is 0 Å². The molecule has 2 saturated heterocycles. The molecule has 1 N–H and O–H groups in total. The van der Waals surface area contributed by atoms with Crippen LogP contribution in [0.2, 0.25) is 0 Å². The Kier molecular flexibility index (Phi) is 6.29. The third-order valence-electron chi connectivity index (χ3n) is 3.81. The van der Waals surface area contributed by atoms with E-state index >= 15 is 0 Å². The molecule has 1 amide bonds. The van der Waals surface area contributed by atoms with Crippen molar-refractivity contribution in [2.45, 2.75) is 17.5 Å². The normalized spacial score (nSPS) is 22.9. The van der Waals surface area contributed by atoms with Crippen LogP contribution in [0.1, 0.15) is 27.4 Å². The van der Waals surface area contributed by atoms with Crippen LogP contribution in [0.5, 0.6) is 0 Å². The maximum atomic E-state index is 12.5. The van der Waals surface area contributed by atoms with Crippen molar-refractivity contribution in [3.8, 4) is 0 Å². The summed E-state index contributed by atoms with van der Waals surface area (Å²) in [5, 5.41) is 3.32. The lowest BCUT2D eigenvalue weighted by Gasteiger charge is -2.34. The summed E-state index contributed by atoms with van der Waals surface area (Å²) in [5.41, 5.74) is 2.15. The minimum Gasteiger partial charge on any atom is -0.333 e. The van der Waals surface area contributed by atoms with E-state index in [1.54, 1.807) is 0 Å². The second-order valence-corrected chi connectivity index (χ2v) is 7.97. The van der Waals surface area contributed by atoms with Crippen molar-refractivity contribution >= 4 is 41.8 Å². The monoisotopic (exact) mass is 344 g/mol. The highest BCUT2D eigenvalue weighted by molar-refractivity contribution is 8.19. The van der Waals surface area contributed by atoms with Gasteiger partial charge in [0.2, 0.25) is 0 Å². The molecule has 1 aromatic carbocycles. The number of hydrogen-bond donors (Lipinski definition) is 1. The van der Waals surface area contributed by atoms with Crippen LogP contribution in [-0.2, 0) is 0 Å². The number of benzene rings is 1. The highest BCUT2D eigenvalue weighted by Gasteiger charge is 2.24. The molecule has 2 heterocycles. The van der Waals surface area contributed by atoms with Gasteiger partial charge in [-0.2, -0.15) is 0 Å². The Bertz CT molecular complexity index is 477. The van der Waals surface area contributed by atoms with Crippen LogP contribution in [0.3, 0.4) is 0 Å². The molecule has 21 heavy (non-hydrogen) atoms. The van der Waals surface area contributed by atoms with Gasteiger partial charge in [0.1, 0.15) is 0 Å². The fourth-order valence-corrected chi connectivity index (χ4v) is 5.50. The van der Waals surface area contributed by atoms with Gasteiger partial charge >= 0.3 is 0 Å². The molecule has 0 spiro atoms. The third kappa shape index (κ3) is 3.89. The van der Waals surface area contributed by atoms with E-state index in [1.165, 1.54) is 17.1 Å². The second-order valence-electron chi connectivity index (χ2n) is 5.25. The van der Waals surface area contributed by atoms with Crippen LogP contribution in [0, 0.1) is 0 Å². The van der Waals surface area contributed by atoms with E-state index < -0.39 is 0 Å². The van der Waals surface area contributed by atoms with Crippen molar-refractivity contribution in [1.29, 1.82) is 0 Å². The smallest absolute Gasteiger partial charge is 0.254 e. The molecule has 0 radical (unpaired) electrons. The van der Waals surface area contributed by atoms with E-state index in [0.717, 1.165) is 25.2 Å². The molecule has 2 fully saturated rings. The summed E-state index contributed by atoms with van der Waals surface area (Å²) in [4.78, 5) is 14.5. The number of amides is 1. The van der Waals surface area contributed by atoms with Crippen LogP contribution in [0.25, 0.3) is 0 Å². The van der Waals surface area contributed by atoms with Gasteiger partial charge in [-0.1, -0.05) is 12.1 Å². The maximum Gasteiger partial charge on any atom is 0.254 e. The lowest BCUT2D eigenvalue weighted by Crippen LogP contribution is -2.52. The topological polar surface area (TPSA) is 32.3 Å². The Morgan fingerprint density at radius 3 is 2.52 bits per heavy atom. The quantitative estimate of drug-likeness (QED) is 0.893. The number of piperazine rings is 1. The predicted molar refractivity (Wildman–Crippen MR) is 94.7 cm³/mol. The zero-order valence-electron chi connectivity index (χ0n) is 12.1. The summed E-state index contributed by atoms with van der Waals surface area (Å²) >= 11 is 4.00. The number of nitrogens with zero attached hydrogens (tertiary/aromatic N) is 1. The Morgan fingerprint density at radius 2 is 1.90 bits per heavy atom. The minimum atomic E-state index is 0. The average molecular weight is 345 g/mol. The van der Waals surface area contributed by atoms with Crippen molar-refractivity contribution < 1.29 is 4.79 Å². The fraction of sp³-hybridized carbons (Fsp3) is 0.533. The van der Waals surface area contributed by atoms with Gasteiger partial charge in [-0.25, -0.2) is 0 Å². The van der Waals surface area contributed by atoms with Crippen LogP contribution in [-0.4, -0.2) is 48.0 Å². The van der Waals surface area contributed by atoms with Crippen LogP contribution < -0.4 is 5.32 Å². The van der Waals surface area contributed by atoms with Gasteiger partial charge in [-0.3, -0.25) is 4.79 Å². The van der Waals surface area contributed by atoms with Gasteiger partial charge < -0.3 is 10.2 Å². The predicted octanol–water partition coefficient (Wildman–Crippen LogP) is 3.02. The van der Waals surface area contributed by atoms with Crippen LogP contribution in [0.15, 0.2) is 24.3 Å². The first kappa shape index (κ1) is 17.0. The summed E-state index contributed by atoms with van der Waals surface area (Å²) in [6.45, 7) is 4.68. The summed E-state index contributed by atoms with van der Waals surface area (Å²) in [7, 11) is 0. The summed E-state index contributed by atoms with van der Waals surface area (Å²) in [6, 6.07) is 8.50. The fourth-order valence-electron chi connectivity index (χ4n) is 2.64. The van der Waals surface area contributed by atoms with Gasteiger partial charge in [0.25, 0.3) is 5.91 Å². The first-order chi connectivity index (χ1) is 9.75. The number of hydrogen-bond acceptors (Lipinski definition) is 4. The number of thioether (sulfide) groups is 2. The largest absolute Gasteiger partial charge is 0.333 e. The minimum absolute atomic E-state index is 0.